The first-order valence-electron chi connectivity index (χ1n) is 10.5. The smallest absolute Gasteiger partial charge is 0.238 e. The summed E-state index contributed by atoms with van der Waals surface area (Å²) in [6.07, 6.45) is 3.90. The van der Waals surface area contributed by atoms with E-state index < -0.39 is 0 Å². The SMILES string of the molecule is CN(CC(=O)Nc1ccc(Oc2ccccc2)cc1)CC1CCCN1c1cccnn1. The fourth-order valence-corrected chi connectivity index (χ4v) is 3.87. The number of carbonyl (C=O) groups excluding carboxylic acids is 1. The molecular formula is C24H27N5O2. The molecule has 4 rings (SSSR count). The highest BCUT2D eigenvalue weighted by Gasteiger charge is 2.27. The minimum Gasteiger partial charge on any atom is -0.457 e. The van der Waals surface area contributed by atoms with Crippen LogP contribution in [0.25, 0.3) is 0 Å². The van der Waals surface area contributed by atoms with E-state index in [1.54, 1.807) is 6.20 Å². The van der Waals surface area contributed by atoms with Crippen LogP contribution in [0.2, 0.25) is 0 Å². The van der Waals surface area contributed by atoms with Crippen molar-refractivity contribution >= 4 is 17.4 Å². The molecule has 1 aliphatic heterocycles. The second-order valence-corrected chi connectivity index (χ2v) is 7.76. The number of anilines is 2. The maximum atomic E-state index is 12.5. The van der Waals surface area contributed by atoms with Crippen molar-refractivity contribution in [2.75, 3.05) is 36.9 Å². The van der Waals surface area contributed by atoms with Gasteiger partial charge in [0, 0.05) is 31.0 Å². The number of rotatable bonds is 8. The number of hydrogen-bond acceptors (Lipinski definition) is 6. The first-order valence-corrected chi connectivity index (χ1v) is 10.5. The van der Waals surface area contributed by atoms with Gasteiger partial charge in [-0.3, -0.25) is 9.69 Å². The number of carbonyl (C=O) groups is 1. The van der Waals surface area contributed by atoms with E-state index in [2.05, 4.69) is 25.3 Å². The molecular weight excluding hydrogens is 390 g/mol. The number of ether oxygens (including phenoxy) is 1. The minimum absolute atomic E-state index is 0.0386. The zero-order chi connectivity index (χ0) is 21.5. The van der Waals surface area contributed by atoms with E-state index in [0.29, 0.717) is 12.6 Å². The molecule has 1 unspecified atom stereocenters. The number of nitrogens with zero attached hydrogens (tertiary/aromatic N) is 4. The van der Waals surface area contributed by atoms with Crippen LogP contribution < -0.4 is 15.0 Å². The van der Waals surface area contributed by atoms with Gasteiger partial charge in [0.1, 0.15) is 11.5 Å². The molecule has 3 aromatic rings. The molecule has 0 spiro atoms. The summed E-state index contributed by atoms with van der Waals surface area (Å²) in [5.74, 6) is 2.37. The van der Waals surface area contributed by atoms with Gasteiger partial charge in [-0.1, -0.05) is 18.2 Å². The molecule has 1 amide bonds. The van der Waals surface area contributed by atoms with E-state index in [1.165, 1.54) is 0 Å². The normalized spacial score (nSPS) is 15.8. The van der Waals surface area contributed by atoms with Gasteiger partial charge in [0.25, 0.3) is 0 Å². The Balaban J connectivity index is 1.26. The van der Waals surface area contributed by atoms with Crippen LogP contribution in [0.3, 0.4) is 0 Å². The highest BCUT2D eigenvalue weighted by Crippen LogP contribution is 2.24. The first kappa shape index (κ1) is 20.8. The van der Waals surface area contributed by atoms with Gasteiger partial charge in [0.2, 0.25) is 5.91 Å². The average Bonchev–Trinajstić information content (AvgIpc) is 3.24. The van der Waals surface area contributed by atoms with Gasteiger partial charge in [-0.25, -0.2) is 0 Å². The third-order valence-electron chi connectivity index (χ3n) is 5.28. The van der Waals surface area contributed by atoms with Gasteiger partial charge >= 0.3 is 0 Å². The minimum atomic E-state index is -0.0386. The van der Waals surface area contributed by atoms with Gasteiger partial charge in [-0.15, -0.1) is 5.10 Å². The zero-order valence-corrected chi connectivity index (χ0v) is 17.6. The molecule has 31 heavy (non-hydrogen) atoms. The average molecular weight is 418 g/mol. The summed E-state index contributed by atoms with van der Waals surface area (Å²) >= 11 is 0. The quantitative estimate of drug-likeness (QED) is 0.601. The van der Waals surface area contributed by atoms with E-state index in [4.69, 9.17) is 4.74 Å². The molecule has 0 aliphatic carbocycles. The summed E-state index contributed by atoms with van der Waals surface area (Å²) in [7, 11) is 1.98. The predicted octanol–water partition coefficient (Wildman–Crippen LogP) is 3.81. The Morgan fingerprint density at radius 3 is 2.61 bits per heavy atom. The third kappa shape index (κ3) is 5.79. The van der Waals surface area contributed by atoms with Crippen molar-refractivity contribution in [1.82, 2.24) is 15.1 Å². The van der Waals surface area contributed by atoms with E-state index in [9.17, 15) is 4.79 Å². The van der Waals surface area contributed by atoms with Crippen molar-refractivity contribution in [3.8, 4) is 11.5 Å². The maximum absolute atomic E-state index is 12.5. The fraction of sp³-hybridized carbons (Fsp3) is 0.292. The lowest BCUT2D eigenvalue weighted by molar-refractivity contribution is -0.117. The van der Waals surface area contributed by atoms with Crippen LogP contribution >= 0.6 is 0 Å². The lowest BCUT2D eigenvalue weighted by atomic mass is 10.2. The second kappa shape index (κ2) is 10.0. The Bertz CT molecular complexity index is 966. The Kier molecular flexibility index (Phi) is 6.74. The van der Waals surface area contributed by atoms with Crippen LogP contribution in [0.15, 0.2) is 72.9 Å². The van der Waals surface area contributed by atoms with Gasteiger partial charge in [0.15, 0.2) is 5.82 Å². The van der Waals surface area contributed by atoms with E-state index in [-0.39, 0.29) is 5.91 Å². The lowest BCUT2D eigenvalue weighted by Gasteiger charge is -2.28. The van der Waals surface area contributed by atoms with Crippen LogP contribution in [0, 0.1) is 0 Å². The van der Waals surface area contributed by atoms with Crippen molar-refractivity contribution in [3.05, 3.63) is 72.9 Å². The standard InChI is InChI=1S/C24H27N5O2/c1-28(17-20-7-6-16-29(20)23-10-5-15-25-27-23)18-24(30)26-19-11-13-22(14-12-19)31-21-8-3-2-4-9-21/h2-5,8-15,20H,6-7,16-18H2,1H3,(H,26,30). The molecule has 0 bridgehead atoms. The van der Waals surface area contributed by atoms with Crippen LogP contribution in [-0.4, -0.2) is 53.7 Å². The number of hydrogen-bond donors (Lipinski definition) is 1. The molecule has 0 radical (unpaired) electrons. The molecule has 160 valence electrons. The summed E-state index contributed by atoms with van der Waals surface area (Å²) in [4.78, 5) is 16.8. The molecule has 1 aliphatic rings. The van der Waals surface area contributed by atoms with Gasteiger partial charge < -0.3 is 15.0 Å². The number of likely N-dealkylation sites (N-methyl/N-ethyl adjacent to an activating group) is 1. The molecule has 2 aromatic carbocycles. The number of aromatic nitrogens is 2. The van der Waals surface area contributed by atoms with Crippen LogP contribution in [-0.2, 0) is 4.79 Å². The predicted molar refractivity (Wildman–Crippen MR) is 121 cm³/mol. The van der Waals surface area contributed by atoms with Crippen molar-refractivity contribution in [2.45, 2.75) is 18.9 Å². The van der Waals surface area contributed by atoms with Crippen LogP contribution in [0.5, 0.6) is 11.5 Å². The maximum Gasteiger partial charge on any atom is 0.238 e. The highest BCUT2D eigenvalue weighted by atomic mass is 16.5. The van der Waals surface area contributed by atoms with E-state index in [1.807, 2.05) is 73.8 Å². The lowest BCUT2D eigenvalue weighted by Crippen LogP contribution is -2.42. The van der Waals surface area contributed by atoms with E-state index in [0.717, 1.165) is 48.9 Å². The Morgan fingerprint density at radius 1 is 1.10 bits per heavy atom. The van der Waals surface area contributed by atoms with Crippen molar-refractivity contribution in [1.29, 1.82) is 0 Å². The largest absolute Gasteiger partial charge is 0.457 e. The van der Waals surface area contributed by atoms with Gasteiger partial charge in [0.05, 0.1) is 6.54 Å². The number of benzene rings is 2. The topological polar surface area (TPSA) is 70.6 Å². The van der Waals surface area contributed by atoms with Crippen LogP contribution in [0.1, 0.15) is 12.8 Å². The van der Waals surface area contributed by atoms with E-state index >= 15 is 0 Å². The molecule has 1 N–H and O–H groups in total. The molecule has 7 heteroatoms. The van der Waals surface area contributed by atoms with Crippen molar-refractivity contribution in [3.63, 3.8) is 0 Å². The van der Waals surface area contributed by atoms with Crippen molar-refractivity contribution < 1.29 is 9.53 Å². The number of nitrogens with one attached hydrogen (secondary N) is 1. The molecule has 1 fully saturated rings. The second-order valence-electron chi connectivity index (χ2n) is 7.76. The zero-order valence-electron chi connectivity index (χ0n) is 17.6. The summed E-state index contributed by atoms with van der Waals surface area (Å²) in [5.41, 5.74) is 0.751. The Morgan fingerprint density at radius 2 is 1.87 bits per heavy atom. The molecule has 7 nitrogen and oxygen atoms in total. The van der Waals surface area contributed by atoms with Gasteiger partial charge in [-0.05, 0) is 68.4 Å². The van der Waals surface area contributed by atoms with Crippen molar-refractivity contribution in [2.24, 2.45) is 0 Å². The molecule has 1 saturated heterocycles. The van der Waals surface area contributed by atoms with Gasteiger partial charge in [-0.2, -0.15) is 5.10 Å². The summed E-state index contributed by atoms with van der Waals surface area (Å²) in [6.45, 7) is 2.10. The Hall–Kier alpha value is -3.45. The molecule has 1 aromatic heterocycles. The summed E-state index contributed by atoms with van der Waals surface area (Å²) in [5, 5.41) is 11.2. The monoisotopic (exact) mass is 417 g/mol. The first-order chi connectivity index (χ1) is 15.2. The third-order valence-corrected chi connectivity index (χ3v) is 5.28. The number of amides is 1. The Labute approximate surface area is 182 Å². The fourth-order valence-electron chi connectivity index (χ4n) is 3.87. The highest BCUT2D eigenvalue weighted by molar-refractivity contribution is 5.92. The molecule has 1 atom stereocenters. The summed E-state index contributed by atoms with van der Waals surface area (Å²) in [6, 6.07) is 21.2. The number of para-hydroxylation sites is 1. The van der Waals surface area contributed by atoms with Crippen LogP contribution in [0.4, 0.5) is 11.5 Å². The summed E-state index contributed by atoms with van der Waals surface area (Å²) < 4.78 is 5.79. The molecule has 2 heterocycles. The molecule has 0 saturated carbocycles.